The molecule has 94 valence electrons. The molecule has 0 aliphatic carbocycles. The number of ether oxygens (including phenoxy) is 1. The standard InChI is InChI=1S/C11H23N3O2/c1-8-4-14(5-10(8)12)6-11(15)13-9(2)7-16-3/h8-10H,4-7,12H2,1-3H3,(H,13,15). The maximum absolute atomic E-state index is 11.6. The number of nitrogens with two attached hydrogens (primary N) is 1. The molecular weight excluding hydrogens is 206 g/mol. The topological polar surface area (TPSA) is 67.6 Å². The van der Waals surface area contributed by atoms with Crippen LogP contribution in [0.15, 0.2) is 0 Å². The molecule has 0 aromatic carbocycles. The zero-order chi connectivity index (χ0) is 12.1. The minimum atomic E-state index is 0.0471. The van der Waals surface area contributed by atoms with Gasteiger partial charge in [0.05, 0.1) is 13.2 Å². The number of carbonyl (C=O) groups is 1. The van der Waals surface area contributed by atoms with Crippen LogP contribution in [0.4, 0.5) is 0 Å². The second kappa shape index (κ2) is 6.18. The fourth-order valence-electron chi connectivity index (χ4n) is 2.04. The molecule has 0 bridgehead atoms. The first kappa shape index (κ1) is 13.4. The zero-order valence-electron chi connectivity index (χ0n) is 10.4. The normalized spacial score (nSPS) is 28.0. The summed E-state index contributed by atoms with van der Waals surface area (Å²) in [5.41, 5.74) is 5.90. The van der Waals surface area contributed by atoms with Crippen molar-refractivity contribution in [1.29, 1.82) is 0 Å². The van der Waals surface area contributed by atoms with Crippen molar-refractivity contribution < 1.29 is 9.53 Å². The Morgan fingerprint density at radius 2 is 2.31 bits per heavy atom. The van der Waals surface area contributed by atoms with E-state index in [1.54, 1.807) is 7.11 Å². The molecule has 0 saturated carbocycles. The van der Waals surface area contributed by atoms with Crippen LogP contribution in [-0.2, 0) is 9.53 Å². The van der Waals surface area contributed by atoms with Gasteiger partial charge in [0.2, 0.25) is 5.91 Å². The lowest BCUT2D eigenvalue weighted by Gasteiger charge is -2.17. The van der Waals surface area contributed by atoms with Crippen LogP contribution in [0.3, 0.4) is 0 Å². The van der Waals surface area contributed by atoms with Gasteiger partial charge in [0.15, 0.2) is 0 Å². The van der Waals surface area contributed by atoms with Crippen molar-refractivity contribution in [3.8, 4) is 0 Å². The highest BCUT2D eigenvalue weighted by Gasteiger charge is 2.27. The van der Waals surface area contributed by atoms with Crippen LogP contribution >= 0.6 is 0 Å². The van der Waals surface area contributed by atoms with E-state index in [4.69, 9.17) is 10.5 Å². The van der Waals surface area contributed by atoms with Crippen LogP contribution in [0, 0.1) is 5.92 Å². The summed E-state index contributed by atoms with van der Waals surface area (Å²) in [4.78, 5) is 13.7. The summed E-state index contributed by atoms with van der Waals surface area (Å²) in [5, 5.41) is 2.89. The Kier molecular flexibility index (Phi) is 5.18. The summed E-state index contributed by atoms with van der Waals surface area (Å²) in [6, 6.07) is 0.260. The quantitative estimate of drug-likeness (QED) is 0.661. The average molecular weight is 229 g/mol. The summed E-state index contributed by atoms with van der Waals surface area (Å²) in [6.45, 7) is 6.75. The van der Waals surface area contributed by atoms with Gasteiger partial charge in [-0.3, -0.25) is 9.69 Å². The second-order valence-corrected chi connectivity index (χ2v) is 4.76. The number of hydrogen-bond donors (Lipinski definition) is 2. The van der Waals surface area contributed by atoms with Crippen LogP contribution < -0.4 is 11.1 Å². The summed E-state index contributed by atoms with van der Waals surface area (Å²) in [6.07, 6.45) is 0. The maximum atomic E-state index is 11.6. The highest BCUT2D eigenvalue weighted by atomic mass is 16.5. The first-order valence-corrected chi connectivity index (χ1v) is 5.79. The molecule has 1 amide bonds. The van der Waals surface area contributed by atoms with Crippen molar-refractivity contribution in [1.82, 2.24) is 10.2 Å². The number of rotatable bonds is 5. The Balaban J connectivity index is 2.24. The second-order valence-electron chi connectivity index (χ2n) is 4.76. The van der Waals surface area contributed by atoms with Crippen molar-refractivity contribution in [2.24, 2.45) is 11.7 Å². The Bertz CT molecular complexity index is 225. The third-order valence-electron chi connectivity index (χ3n) is 2.94. The van der Waals surface area contributed by atoms with E-state index in [9.17, 15) is 4.79 Å². The number of carbonyl (C=O) groups excluding carboxylic acids is 1. The van der Waals surface area contributed by atoms with Crippen molar-refractivity contribution >= 4 is 5.91 Å². The third kappa shape index (κ3) is 4.08. The summed E-state index contributed by atoms with van der Waals surface area (Å²) in [7, 11) is 1.63. The van der Waals surface area contributed by atoms with Crippen molar-refractivity contribution in [2.75, 3.05) is 33.4 Å². The molecule has 3 unspecified atom stereocenters. The van der Waals surface area contributed by atoms with Crippen molar-refractivity contribution in [2.45, 2.75) is 25.9 Å². The van der Waals surface area contributed by atoms with Gasteiger partial charge in [-0.2, -0.15) is 0 Å². The molecule has 5 nitrogen and oxygen atoms in total. The van der Waals surface area contributed by atoms with E-state index in [-0.39, 0.29) is 18.0 Å². The van der Waals surface area contributed by atoms with Crippen LogP contribution in [0.1, 0.15) is 13.8 Å². The van der Waals surface area contributed by atoms with Gasteiger partial charge in [-0.05, 0) is 12.8 Å². The van der Waals surface area contributed by atoms with Crippen LogP contribution in [0.2, 0.25) is 0 Å². The van der Waals surface area contributed by atoms with Gasteiger partial charge < -0.3 is 15.8 Å². The van der Waals surface area contributed by atoms with Gasteiger partial charge >= 0.3 is 0 Å². The number of methoxy groups -OCH3 is 1. The van der Waals surface area contributed by atoms with Gasteiger partial charge in [0.1, 0.15) is 0 Å². The van der Waals surface area contributed by atoms with E-state index in [0.29, 0.717) is 19.1 Å². The number of nitrogens with zero attached hydrogens (tertiary/aromatic N) is 1. The summed E-state index contributed by atoms with van der Waals surface area (Å²) >= 11 is 0. The van der Waals surface area contributed by atoms with E-state index in [2.05, 4.69) is 17.1 Å². The van der Waals surface area contributed by atoms with E-state index in [0.717, 1.165) is 13.1 Å². The van der Waals surface area contributed by atoms with E-state index < -0.39 is 0 Å². The molecule has 1 aliphatic heterocycles. The van der Waals surface area contributed by atoms with Crippen molar-refractivity contribution in [3.63, 3.8) is 0 Å². The fraction of sp³-hybridized carbons (Fsp3) is 0.909. The molecule has 0 spiro atoms. The van der Waals surface area contributed by atoms with Gasteiger partial charge in [0, 0.05) is 32.3 Å². The molecule has 1 aliphatic rings. The third-order valence-corrected chi connectivity index (χ3v) is 2.94. The van der Waals surface area contributed by atoms with Crippen LogP contribution in [0.5, 0.6) is 0 Å². The van der Waals surface area contributed by atoms with E-state index in [1.807, 2.05) is 6.92 Å². The van der Waals surface area contributed by atoms with Crippen molar-refractivity contribution in [3.05, 3.63) is 0 Å². The Hall–Kier alpha value is -0.650. The predicted molar refractivity (Wildman–Crippen MR) is 63.1 cm³/mol. The minimum Gasteiger partial charge on any atom is -0.383 e. The van der Waals surface area contributed by atoms with E-state index in [1.165, 1.54) is 0 Å². The lowest BCUT2D eigenvalue weighted by molar-refractivity contribution is -0.123. The van der Waals surface area contributed by atoms with Crippen LogP contribution in [-0.4, -0.2) is 56.2 Å². The number of hydrogen-bond acceptors (Lipinski definition) is 4. The zero-order valence-corrected chi connectivity index (χ0v) is 10.4. The number of likely N-dealkylation sites (tertiary alicyclic amines) is 1. The SMILES string of the molecule is COCC(C)NC(=O)CN1CC(C)C(N)C1. The van der Waals surface area contributed by atoms with Gasteiger partial charge in [-0.1, -0.05) is 6.92 Å². The van der Waals surface area contributed by atoms with Crippen LogP contribution in [0.25, 0.3) is 0 Å². The first-order valence-electron chi connectivity index (χ1n) is 5.79. The highest BCUT2D eigenvalue weighted by Crippen LogP contribution is 2.13. The molecule has 1 fully saturated rings. The molecule has 1 heterocycles. The average Bonchev–Trinajstić information content (AvgIpc) is 2.45. The number of amides is 1. The highest BCUT2D eigenvalue weighted by molar-refractivity contribution is 5.78. The Labute approximate surface area is 97.3 Å². The molecule has 1 rings (SSSR count). The van der Waals surface area contributed by atoms with E-state index >= 15 is 0 Å². The maximum Gasteiger partial charge on any atom is 0.234 e. The molecule has 0 aromatic heterocycles. The Morgan fingerprint density at radius 1 is 1.62 bits per heavy atom. The molecule has 3 atom stereocenters. The number of nitrogens with one attached hydrogen (secondary N) is 1. The lowest BCUT2D eigenvalue weighted by Crippen LogP contribution is -2.42. The molecule has 5 heteroatoms. The monoisotopic (exact) mass is 229 g/mol. The summed E-state index contributed by atoms with van der Waals surface area (Å²) < 4.78 is 4.96. The Morgan fingerprint density at radius 3 is 2.81 bits per heavy atom. The molecule has 0 aromatic rings. The predicted octanol–water partition coefficient (Wildman–Crippen LogP) is -0.583. The molecule has 16 heavy (non-hydrogen) atoms. The molecule has 1 saturated heterocycles. The van der Waals surface area contributed by atoms with Gasteiger partial charge in [0.25, 0.3) is 0 Å². The fourth-order valence-corrected chi connectivity index (χ4v) is 2.04. The molecule has 0 radical (unpaired) electrons. The molecule has 3 N–H and O–H groups in total. The molecular formula is C11H23N3O2. The minimum absolute atomic E-state index is 0.0471. The van der Waals surface area contributed by atoms with Gasteiger partial charge in [-0.15, -0.1) is 0 Å². The smallest absolute Gasteiger partial charge is 0.234 e. The largest absolute Gasteiger partial charge is 0.383 e. The summed E-state index contributed by atoms with van der Waals surface area (Å²) in [5.74, 6) is 0.523. The lowest BCUT2D eigenvalue weighted by atomic mass is 10.1. The van der Waals surface area contributed by atoms with Gasteiger partial charge in [-0.25, -0.2) is 0 Å². The first-order chi connectivity index (χ1) is 7.52.